The van der Waals surface area contributed by atoms with Crippen molar-refractivity contribution in [1.29, 1.82) is 0 Å². The van der Waals surface area contributed by atoms with E-state index in [0.717, 1.165) is 17.2 Å². The Morgan fingerprint density at radius 1 is 0.789 bits per heavy atom. The molecule has 2 aromatic carbocycles. The van der Waals surface area contributed by atoms with Crippen LogP contribution in [0.15, 0.2) is 48.5 Å². The molecule has 0 saturated carbocycles. The summed E-state index contributed by atoms with van der Waals surface area (Å²) in [7, 11) is 1.64. The number of hydrogen-bond acceptors (Lipinski definition) is 3. The molecule has 3 nitrogen and oxygen atoms in total. The minimum absolute atomic E-state index is 0.514. The summed E-state index contributed by atoms with van der Waals surface area (Å²) >= 11 is 0. The Labute approximate surface area is 113 Å². The first-order valence-corrected chi connectivity index (χ1v) is 6.24. The van der Waals surface area contributed by atoms with Crippen LogP contribution in [0.5, 0.6) is 17.2 Å². The van der Waals surface area contributed by atoms with Gasteiger partial charge in [-0.05, 0) is 48.9 Å². The molecule has 0 aliphatic rings. The number of methoxy groups -OCH3 is 1. The fraction of sp³-hybridized carbons (Fsp3) is 0.250. The lowest BCUT2D eigenvalue weighted by Crippen LogP contribution is -2.08. The maximum Gasteiger partial charge on any atom is 0.122 e. The largest absolute Gasteiger partial charge is 0.497 e. The summed E-state index contributed by atoms with van der Waals surface area (Å²) < 4.78 is 16.3. The molecule has 0 aromatic heterocycles. The van der Waals surface area contributed by atoms with E-state index < -0.39 is 0 Å². The minimum Gasteiger partial charge on any atom is -0.497 e. The molecule has 0 atom stereocenters. The predicted molar refractivity (Wildman–Crippen MR) is 75.2 cm³/mol. The van der Waals surface area contributed by atoms with E-state index in [0.29, 0.717) is 13.2 Å². The third-order valence-electron chi connectivity index (χ3n) is 2.67. The van der Waals surface area contributed by atoms with Crippen molar-refractivity contribution in [1.82, 2.24) is 0 Å². The summed E-state index contributed by atoms with van der Waals surface area (Å²) in [5.41, 5.74) is 1.19. The number of aryl methyl sites for hydroxylation is 1. The lowest BCUT2D eigenvalue weighted by atomic mass is 10.2. The maximum atomic E-state index is 5.60. The summed E-state index contributed by atoms with van der Waals surface area (Å²) in [5, 5.41) is 0. The lowest BCUT2D eigenvalue weighted by molar-refractivity contribution is 0.217. The zero-order valence-electron chi connectivity index (χ0n) is 11.3. The van der Waals surface area contributed by atoms with Crippen molar-refractivity contribution in [2.24, 2.45) is 0 Å². The van der Waals surface area contributed by atoms with Gasteiger partial charge in [0.2, 0.25) is 0 Å². The third-order valence-corrected chi connectivity index (χ3v) is 2.67. The van der Waals surface area contributed by atoms with Crippen molar-refractivity contribution < 1.29 is 14.2 Å². The molecule has 0 aliphatic carbocycles. The summed E-state index contributed by atoms with van der Waals surface area (Å²) in [6.07, 6.45) is 0. The fourth-order valence-electron chi connectivity index (χ4n) is 1.70. The summed E-state index contributed by atoms with van der Waals surface area (Å²) in [6, 6.07) is 15.5. The molecule has 0 fully saturated rings. The molecule has 0 N–H and O–H groups in total. The van der Waals surface area contributed by atoms with Crippen LogP contribution in [0.3, 0.4) is 0 Å². The monoisotopic (exact) mass is 258 g/mol. The molecule has 0 radical (unpaired) electrons. The van der Waals surface area contributed by atoms with Gasteiger partial charge in [0.1, 0.15) is 30.5 Å². The van der Waals surface area contributed by atoms with Gasteiger partial charge in [-0.1, -0.05) is 12.1 Å². The quantitative estimate of drug-likeness (QED) is 0.743. The van der Waals surface area contributed by atoms with Crippen LogP contribution in [0, 0.1) is 6.92 Å². The van der Waals surface area contributed by atoms with Crippen LogP contribution in [0.4, 0.5) is 0 Å². The minimum atomic E-state index is 0.514. The summed E-state index contributed by atoms with van der Waals surface area (Å²) in [4.78, 5) is 0. The van der Waals surface area contributed by atoms with Crippen molar-refractivity contribution >= 4 is 0 Å². The molecule has 0 bridgehead atoms. The van der Waals surface area contributed by atoms with E-state index in [2.05, 4.69) is 0 Å². The Morgan fingerprint density at radius 2 is 1.42 bits per heavy atom. The van der Waals surface area contributed by atoms with E-state index in [-0.39, 0.29) is 0 Å². The Bertz CT molecular complexity index is 506. The second-order valence-corrected chi connectivity index (χ2v) is 4.19. The SMILES string of the molecule is COc1ccc(OCCOc2cccc(C)c2)cc1. The number of ether oxygens (including phenoxy) is 3. The number of hydrogen-bond donors (Lipinski definition) is 0. The number of benzene rings is 2. The highest BCUT2D eigenvalue weighted by Crippen LogP contribution is 2.17. The molecule has 100 valence electrons. The topological polar surface area (TPSA) is 27.7 Å². The second kappa shape index (κ2) is 6.69. The Balaban J connectivity index is 1.74. The molecule has 0 aliphatic heterocycles. The van der Waals surface area contributed by atoms with Crippen LogP contribution >= 0.6 is 0 Å². The van der Waals surface area contributed by atoms with E-state index in [1.807, 2.05) is 55.5 Å². The standard InChI is InChI=1S/C16H18O3/c1-13-4-3-5-16(12-13)19-11-10-18-15-8-6-14(17-2)7-9-15/h3-9,12H,10-11H2,1-2H3. The first kappa shape index (κ1) is 13.3. The van der Waals surface area contributed by atoms with Gasteiger partial charge < -0.3 is 14.2 Å². The van der Waals surface area contributed by atoms with Gasteiger partial charge in [0.05, 0.1) is 7.11 Å². The van der Waals surface area contributed by atoms with Crippen LogP contribution in [-0.2, 0) is 0 Å². The molecule has 0 amide bonds. The zero-order chi connectivity index (χ0) is 13.5. The molecule has 0 saturated heterocycles. The molecule has 0 heterocycles. The molecule has 3 heteroatoms. The van der Waals surface area contributed by atoms with Gasteiger partial charge in [0.25, 0.3) is 0 Å². The van der Waals surface area contributed by atoms with Crippen LogP contribution in [0.2, 0.25) is 0 Å². The smallest absolute Gasteiger partial charge is 0.122 e. The van der Waals surface area contributed by atoms with Crippen molar-refractivity contribution in [2.45, 2.75) is 6.92 Å². The van der Waals surface area contributed by atoms with Gasteiger partial charge in [-0.25, -0.2) is 0 Å². The molecule has 2 aromatic rings. The molecule has 19 heavy (non-hydrogen) atoms. The fourth-order valence-corrected chi connectivity index (χ4v) is 1.70. The van der Waals surface area contributed by atoms with Crippen molar-refractivity contribution in [2.75, 3.05) is 20.3 Å². The molecule has 0 spiro atoms. The maximum absolute atomic E-state index is 5.60. The van der Waals surface area contributed by atoms with Crippen LogP contribution < -0.4 is 14.2 Å². The van der Waals surface area contributed by atoms with Gasteiger partial charge in [0, 0.05) is 0 Å². The van der Waals surface area contributed by atoms with Crippen molar-refractivity contribution in [3.8, 4) is 17.2 Å². The highest BCUT2D eigenvalue weighted by Gasteiger charge is 1.97. The number of rotatable bonds is 6. The first-order valence-electron chi connectivity index (χ1n) is 6.24. The van der Waals surface area contributed by atoms with Gasteiger partial charge in [0.15, 0.2) is 0 Å². The molecule has 0 unspecified atom stereocenters. The normalized spacial score (nSPS) is 10.0. The van der Waals surface area contributed by atoms with Gasteiger partial charge in [-0.3, -0.25) is 0 Å². The highest BCUT2D eigenvalue weighted by atomic mass is 16.5. The van der Waals surface area contributed by atoms with Gasteiger partial charge in [-0.15, -0.1) is 0 Å². The van der Waals surface area contributed by atoms with E-state index in [4.69, 9.17) is 14.2 Å². The highest BCUT2D eigenvalue weighted by molar-refractivity contribution is 5.31. The van der Waals surface area contributed by atoms with E-state index in [1.54, 1.807) is 7.11 Å². The molecule has 2 rings (SSSR count). The van der Waals surface area contributed by atoms with Crippen molar-refractivity contribution in [3.05, 3.63) is 54.1 Å². The third kappa shape index (κ3) is 4.21. The lowest BCUT2D eigenvalue weighted by Gasteiger charge is -2.09. The van der Waals surface area contributed by atoms with E-state index in [1.165, 1.54) is 5.56 Å². The van der Waals surface area contributed by atoms with Crippen LogP contribution in [-0.4, -0.2) is 20.3 Å². The first-order chi connectivity index (χ1) is 9.28. The molecular formula is C16H18O3. The second-order valence-electron chi connectivity index (χ2n) is 4.19. The van der Waals surface area contributed by atoms with Gasteiger partial charge >= 0.3 is 0 Å². The Morgan fingerprint density at radius 3 is 2.05 bits per heavy atom. The van der Waals surface area contributed by atoms with Gasteiger partial charge in [-0.2, -0.15) is 0 Å². The summed E-state index contributed by atoms with van der Waals surface area (Å²) in [5.74, 6) is 2.51. The molecular weight excluding hydrogens is 240 g/mol. The predicted octanol–water partition coefficient (Wildman–Crippen LogP) is 3.46. The van der Waals surface area contributed by atoms with Crippen LogP contribution in [0.1, 0.15) is 5.56 Å². The Hall–Kier alpha value is -2.16. The average Bonchev–Trinajstić information content (AvgIpc) is 2.44. The van der Waals surface area contributed by atoms with E-state index >= 15 is 0 Å². The Kier molecular flexibility index (Phi) is 4.67. The average molecular weight is 258 g/mol. The van der Waals surface area contributed by atoms with Crippen molar-refractivity contribution in [3.63, 3.8) is 0 Å². The van der Waals surface area contributed by atoms with E-state index in [9.17, 15) is 0 Å². The summed E-state index contributed by atoms with van der Waals surface area (Å²) in [6.45, 7) is 3.08. The van der Waals surface area contributed by atoms with Crippen LogP contribution in [0.25, 0.3) is 0 Å². The zero-order valence-corrected chi connectivity index (χ0v) is 11.3.